The van der Waals surface area contributed by atoms with Gasteiger partial charge < -0.3 is 0 Å². The predicted octanol–water partition coefficient (Wildman–Crippen LogP) is 1.69. The second kappa shape index (κ2) is 3.64. The molecule has 0 radical (unpaired) electrons. The zero-order valence-electron chi connectivity index (χ0n) is 8.71. The Labute approximate surface area is 96.2 Å². The van der Waals surface area contributed by atoms with Gasteiger partial charge in [-0.2, -0.15) is 8.42 Å². The van der Waals surface area contributed by atoms with E-state index >= 15 is 0 Å². The van der Waals surface area contributed by atoms with Crippen molar-refractivity contribution in [3.05, 3.63) is 30.1 Å². The van der Waals surface area contributed by atoms with Gasteiger partial charge in [-0.1, -0.05) is 6.07 Å². The average Bonchev–Trinajstić information content (AvgIpc) is 2.57. The number of aromatic nitrogens is 1. The summed E-state index contributed by atoms with van der Waals surface area (Å²) in [5.41, 5.74) is 0.102. The van der Waals surface area contributed by atoms with Crippen molar-refractivity contribution < 1.29 is 22.2 Å². The Hall–Kier alpha value is -1.73. The first-order valence-electron chi connectivity index (χ1n) is 4.61. The van der Waals surface area contributed by atoms with E-state index in [1.807, 2.05) is 0 Å². The number of fused-ring (bicyclic) bond motifs is 1. The van der Waals surface area contributed by atoms with Crippen LogP contribution in [0.25, 0.3) is 10.9 Å². The summed E-state index contributed by atoms with van der Waals surface area (Å²) in [6.07, 6.45) is 0. The van der Waals surface area contributed by atoms with E-state index in [2.05, 4.69) is 0 Å². The molecule has 17 heavy (non-hydrogen) atoms. The second-order valence-electron chi connectivity index (χ2n) is 3.48. The highest BCUT2D eigenvalue weighted by molar-refractivity contribution is 7.85. The van der Waals surface area contributed by atoms with Gasteiger partial charge in [-0.05, 0) is 18.2 Å². The minimum Gasteiger partial charge on any atom is -0.281 e. The molecule has 2 rings (SSSR count). The van der Waals surface area contributed by atoms with Crippen LogP contribution in [-0.2, 0) is 10.1 Å². The first kappa shape index (κ1) is 11.7. The molecule has 1 heterocycles. The molecular weight excluding hydrogens is 249 g/mol. The van der Waals surface area contributed by atoms with E-state index in [-0.39, 0.29) is 10.9 Å². The third-order valence-electron chi connectivity index (χ3n) is 2.34. The lowest BCUT2D eigenvalue weighted by atomic mass is 10.2. The maximum atomic E-state index is 13.4. The van der Waals surface area contributed by atoms with Gasteiger partial charge in [0.25, 0.3) is 0 Å². The Morgan fingerprint density at radius 2 is 2.06 bits per heavy atom. The van der Waals surface area contributed by atoms with Gasteiger partial charge in [-0.15, -0.1) is 0 Å². The van der Waals surface area contributed by atoms with Crippen LogP contribution in [0.1, 0.15) is 11.7 Å². The summed E-state index contributed by atoms with van der Waals surface area (Å²) < 4.78 is 45.4. The fourth-order valence-electron chi connectivity index (χ4n) is 1.68. The number of hydrogen-bond donors (Lipinski definition) is 1. The third kappa shape index (κ3) is 1.83. The average molecular weight is 257 g/mol. The molecule has 2 aromatic rings. The summed E-state index contributed by atoms with van der Waals surface area (Å²) in [6, 6.07) is 4.82. The lowest BCUT2D eigenvalue weighted by Crippen LogP contribution is -2.13. The SMILES string of the molecule is CC(=O)n1c(S(=O)(=O)O)cc2c(F)cccc21. The molecule has 0 aliphatic rings. The Morgan fingerprint density at radius 3 is 2.59 bits per heavy atom. The van der Waals surface area contributed by atoms with E-state index in [0.29, 0.717) is 0 Å². The molecule has 0 atom stereocenters. The van der Waals surface area contributed by atoms with Crippen molar-refractivity contribution in [1.29, 1.82) is 0 Å². The maximum absolute atomic E-state index is 13.4. The minimum atomic E-state index is -4.58. The second-order valence-corrected chi connectivity index (χ2v) is 4.85. The highest BCUT2D eigenvalue weighted by Crippen LogP contribution is 2.25. The Kier molecular flexibility index (Phi) is 2.52. The van der Waals surface area contributed by atoms with Crippen molar-refractivity contribution >= 4 is 26.9 Å². The predicted molar refractivity (Wildman–Crippen MR) is 58.0 cm³/mol. The molecule has 0 amide bonds. The summed E-state index contributed by atoms with van der Waals surface area (Å²) in [5, 5.41) is -0.666. The molecule has 0 saturated heterocycles. The number of hydrogen-bond acceptors (Lipinski definition) is 3. The molecule has 5 nitrogen and oxygen atoms in total. The van der Waals surface area contributed by atoms with Crippen LogP contribution in [0.2, 0.25) is 0 Å². The van der Waals surface area contributed by atoms with Crippen molar-refractivity contribution in [3.63, 3.8) is 0 Å². The Bertz CT molecular complexity index is 717. The van der Waals surface area contributed by atoms with Crippen molar-refractivity contribution in [3.8, 4) is 0 Å². The molecule has 90 valence electrons. The topological polar surface area (TPSA) is 76.4 Å². The van der Waals surface area contributed by atoms with Gasteiger partial charge in [-0.25, -0.2) is 4.39 Å². The number of nitrogens with zero attached hydrogens (tertiary/aromatic N) is 1. The normalized spacial score (nSPS) is 11.9. The van der Waals surface area contributed by atoms with Gasteiger partial charge in [0.2, 0.25) is 5.91 Å². The molecule has 7 heteroatoms. The highest BCUT2D eigenvalue weighted by Gasteiger charge is 2.22. The van der Waals surface area contributed by atoms with Crippen LogP contribution in [0.4, 0.5) is 4.39 Å². The summed E-state index contributed by atoms with van der Waals surface area (Å²) in [7, 11) is -4.58. The van der Waals surface area contributed by atoms with Gasteiger partial charge in [0, 0.05) is 12.3 Å². The Morgan fingerprint density at radius 1 is 1.41 bits per heavy atom. The van der Waals surface area contributed by atoms with Gasteiger partial charge in [0.1, 0.15) is 5.82 Å². The zero-order chi connectivity index (χ0) is 12.8. The maximum Gasteiger partial charge on any atom is 0.310 e. The molecule has 1 aromatic carbocycles. The van der Waals surface area contributed by atoms with Crippen LogP contribution in [0.3, 0.4) is 0 Å². The molecule has 0 aliphatic carbocycles. The fourth-order valence-corrected chi connectivity index (χ4v) is 2.41. The van der Waals surface area contributed by atoms with E-state index in [1.165, 1.54) is 12.1 Å². The molecule has 0 bridgehead atoms. The van der Waals surface area contributed by atoms with Gasteiger partial charge >= 0.3 is 10.1 Å². The Balaban J connectivity index is 3.00. The molecule has 1 aromatic heterocycles. The first-order valence-corrected chi connectivity index (χ1v) is 6.05. The quantitative estimate of drug-likeness (QED) is 0.789. The van der Waals surface area contributed by atoms with Crippen molar-refractivity contribution in [2.45, 2.75) is 11.9 Å². The van der Waals surface area contributed by atoms with Crippen molar-refractivity contribution in [1.82, 2.24) is 4.57 Å². The standard InChI is InChI=1S/C10H8FNO4S/c1-6(13)12-9-4-2-3-8(11)7(9)5-10(12)17(14,15)16/h2-5H,1H3,(H,14,15,16). The van der Waals surface area contributed by atoms with E-state index in [4.69, 9.17) is 4.55 Å². The van der Waals surface area contributed by atoms with Crippen LogP contribution >= 0.6 is 0 Å². The highest BCUT2D eigenvalue weighted by atomic mass is 32.2. The minimum absolute atomic E-state index is 0.0321. The summed E-state index contributed by atoms with van der Waals surface area (Å²) >= 11 is 0. The van der Waals surface area contributed by atoms with Gasteiger partial charge in [0.05, 0.1) is 5.52 Å². The van der Waals surface area contributed by atoms with E-state index in [9.17, 15) is 17.6 Å². The molecule has 1 N–H and O–H groups in total. The number of rotatable bonds is 1. The van der Waals surface area contributed by atoms with Crippen LogP contribution < -0.4 is 0 Å². The molecule has 0 aliphatic heterocycles. The lowest BCUT2D eigenvalue weighted by molar-refractivity contribution is 0.0931. The van der Waals surface area contributed by atoms with Crippen LogP contribution in [-0.4, -0.2) is 23.4 Å². The summed E-state index contributed by atoms with van der Waals surface area (Å²) in [5.74, 6) is -1.29. The van der Waals surface area contributed by atoms with Crippen molar-refractivity contribution in [2.75, 3.05) is 0 Å². The van der Waals surface area contributed by atoms with Crippen LogP contribution in [0, 0.1) is 5.82 Å². The van der Waals surface area contributed by atoms with Gasteiger partial charge in [0.15, 0.2) is 5.03 Å². The third-order valence-corrected chi connectivity index (χ3v) is 3.17. The fraction of sp³-hybridized carbons (Fsp3) is 0.100. The molecule has 0 fully saturated rings. The molecule has 0 saturated carbocycles. The largest absolute Gasteiger partial charge is 0.310 e. The van der Waals surface area contributed by atoms with E-state index < -0.39 is 26.9 Å². The molecule has 0 unspecified atom stereocenters. The smallest absolute Gasteiger partial charge is 0.281 e. The molecule has 0 spiro atoms. The van der Waals surface area contributed by atoms with Crippen LogP contribution in [0.15, 0.2) is 29.3 Å². The number of carbonyl (C=O) groups excluding carboxylic acids is 1. The number of benzene rings is 1. The summed E-state index contributed by atoms with van der Waals surface area (Å²) in [4.78, 5) is 11.4. The lowest BCUT2D eigenvalue weighted by Gasteiger charge is -2.03. The van der Waals surface area contributed by atoms with Gasteiger partial charge in [-0.3, -0.25) is 13.9 Å². The summed E-state index contributed by atoms with van der Waals surface area (Å²) in [6.45, 7) is 1.12. The number of halogens is 1. The van der Waals surface area contributed by atoms with E-state index in [1.54, 1.807) is 0 Å². The zero-order valence-corrected chi connectivity index (χ0v) is 9.53. The first-order chi connectivity index (χ1) is 7.82. The van der Waals surface area contributed by atoms with Crippen LogP contribution in [0.5, 0.6) is 0 Å². The van der Waals surface area contributed by atoms with Crippen molar-refractivity contribution in [2.24, 2.45) is 0 Å². The van der Waals surface area contributed by atoms with E-state index in [0.717, 1.165) is 23.6 Å². The number of carbonyl (C=O) groups is 1. The monoisotopic (exact) mass is 257 g/mol. The molecular formula is C10H8FNO4S.